The molecule has 0 aromatic heterocycles. The molecule has 116 valence electrons. The van der Waals surface area contributed by atoms with Gasteiger partial charge in [-0.25, -0.2) is 8.42 Å². The minimum absolute atomic E-state index is 0.0237. The second-order valence-electron chi connectivity index (χ2n) is 5.72. The van der Waals surface area contributed by atoms with Crippen LogP contribution in [0.4, 0.5) is 0 Å². The summed E-state index contributed by atoms with van der Waals surface area (Å²) in [6, 6.07) is 6.62. The predicted molar refractivity (Wildman–Crippen MR) is 80.7 cm³/mol. The smallest absolute Gasteiger partial charge is 0.251 e. The summed E-state index contributed by atoms with van der Waals surface area (Å²) in [6.45, 7) is 0.0955. The van der Waals surface area contributed by atoms with E-state index in [9.17, 15) is 18.3 Å². The van der Waals surface area contributed by atoms with Gasteiger partial charge >= 0.3 is 0 Å². The Balaban J connectivity index is 2.00. The van der Waals surface area contributed by atoms with Crippen LogP contribution in [0.15, 0.2) is 24.3 Å². The van der Waals surface area contributed by atoms with Crippen molar-refractivity contribution in [3.8, 4) is 0 Å². The number of hydrogen-bond acceptors (Lipinski definition) is 4. The lowest BCUT2D eigenvalue weighted by molar-refractivity contribution is 0.0916. The third-order valence-electron chi connectivity index (χ3n) is 3.86. The normalized spacial score (nSPS) is 22.2. The third-order valence-corrected chi connectivity index (χ3v) is 4.71. The van der Waals surface area contributed by atoms with Crippen molar-refractivity contribution in [2.75, 3.05) is 12.9 Å². The number of rotatable bonds is 5. The number of carbonyl (C=O) groups is 1. The van der Waals surface area contributed by atoms with Crippen LogP contribution < -0.4 is 5.32 Å². The average molecular weight is 311 g/mol. The van der Waals surface area contributed by atoms with Crippen LogP contribution in [0.5, 0.6) is 0 Å². The van der Waals surface area contributed by atoms with E-state index in [0.29, 0.717) is 11.1 Å². The predicted octanol–water partition coefficient (Wildman–Crippen LogP) is 1.12. The minimum atomic E-state index is -3.07. The molecule has 0 heterocycles. The van der Waals surface area contributed by atoms with Gasteiger partial charge in [0.15, 0.2) is 9.84 Å². The van der Waals surface area contributed by atoms with Crippen molar-refractivity contribution in [3.63, 3.8) is 0 Å². The average Bonchev–Trinajstić information content (AvgIpc) is 2.85. The van der Waals surface area contributed by atoms with Gasteiger partial charge in [0.25, 0.3) is 5.91 Å². The Kier molecular flexibility index (Phi) is 5.00. The van der Waals surface area contributed by atoms with Crippen molar-refractivity contribution in [3.05, 3.63) is 35.4 Å². The Morgan fingerprint density at radius 2 is 1.95 bits per heavy atom. The summed E-state index contributed by atoms with van der Waals surface area (Å²) in [6.07, 6.45) is 4.03. The molecule has 1 aromatic carbocycles. The maximum absolute atomic E-state index is 12.1. The molecule has 1 aromatic rings. The highest BCUT2D eigenvalue weighted by atomic mass is 32.2. The molecule has 2 N–H and O–H groups in total. The summed E-state index contributed by atoms with van der Waals surface area (Å²) in [4.78, 5) is 12.1. The fraction of sp³-hybridized carbons (Fsp3) is 0.533. The Morgan fingerprint density at radius 1 is 1.29 bits per heavy atom. The second kappa shape index (κ2) is 6.58. The molecule has 1 amide bonds. The summed E-state index contributed by atoms with van der Waals surface area (Å²) in [5.74, 6) is -0.0610. The highest BCUT2D eigenvalue weighted by Crippen LogP contribution is 2.25. The van der Waals surface area contributed by atoms with E-state index in [4.69, 9.17) is 0 Å². The zero-order valence-corrected chi connectivity index (χ0v) is 12.9. The third kappa shape index (κ3) is 4.54. The molecule has 0 saturated heterocycles. The van der Waals surface area contributed by atoms with Crippen LogP contribution in [0.1, 0.15) is 35.2 Å². The molecular formula is C15H21NO4S. The Hall–Kier alpha value is -1.40. The van der Waals surface area contributed by atoms with Crippen LogP contribution in [0, 0.1) is 5.92 Å². The number of sulfone groups is 1. The summed E-state index contributed by atoms with van der Waals surface area (Å²) < 4.78 is 22.4. The van der Waals surface area contributed by atoms with E-state index in [-0.39, 0.29) is 30.2 Å². The minimum Gasteiger partial charge on any atom is -0.396 e. The first kappa shape index (κ1) is 16.0. The largest absolute Gasteiger partial charge is 0.396 e. The van der Waals surface area contributed by atoms with Gasteiger partial charge in [0.1, 0.15) is 0 Å². The first-order chi connectivity index (χ1) is 9.89. The lowest BCUT2D eigenvalue weighted by atomic mass is 10.0. The van der Waals surface area contributed by atoms with Crippen LogP contribution >= 0.6 is 0 Å². The van der Waals surface area contributed by atoms with Gasteiger partial charge in [-0.15, -0.1) is 0 Å². The van der Waals surface area contributed by atoms with Crippen molar-refractivity contribution in [2.24, 2.45) is 5.92 Å². The van der Waals surface area contributed by atoms with Gasteiger partial charge in [-0.05, 0) is 30.5 Å². The second-order valence-corrected chi connectivity index (χ2v) is 7.86. The van der Waals surface area contributed by atoms with Crippen molar-refractivity contribution in [1.82, 2.24) is 5.32 Å². The number of aliphatic hydroxyl groups excluding tert-OH is 1. The molecule has 6 heteroatoms. The number of carbonyl (C=O) groups excluding carboxylic acids is 1. The quantitative estimate of drug-likeness (QED) is 0.853. The Bertz CT molecular complexity index is 595. The first-order valence-electron chi connectivity index (χ1n) is 7.07. The fourth-order valence-electron chi connectivity index (χ4n) is 2.75. The fourth-order valence-corrected chi connectivity index (χ4v) is 3.55. The van der Waals surface area contributed by atoms with Gasteiger partial charge in [0, 0.05) is 30.4 Å². The number of hydrogen-bond donors (Lipinski definition) is 2. The number of aliphatic hydroxyl groups is 1. The van der Waals surface area contributed by atoms with E-state index in [1.165, 1.54) is 6.26 Å². The molecule has 5 nitrogen and oxygen atoms in total. The monoisotopic (exact) mass is 311 g/mol. The van der Waals surface area contributed by atoms with Crippen LogP contribution in [0.25, 0.3) is 0 Å². The standard InChI is InChI=1S/C15H21NO4S/c1-21(19,20)10-11-5-7-12(8-6-11)15(18)16-14-4-2-3-13(14)9-17/h5-8,13-14,17H,2-4,9-10H2,1H3,(H,16,18). The maximum atomic E-state index is 12.1. The van der Waals surface area contributed by atoms with E-state index in [0.717, 1.165) is 19.3 Å². The molecule has 2 atom stereocenters. The number of benzene rings is 1. The lowest BCUT2D eigenvalue weighted by Crippen LogP contribution is -2.38. The molecule has 0 radical (unpaired) electrons. The summed E-state index contributed by atoms with van der Waals surface area (Å²) in [7, 11) is -3.07. The van der Waals surface area contributed by atoms with E-state index in [1.54, 1.807) is 24.3 Å². The number of amides is 1. The Morgan fingerprint density at radius 3 is 2.52 bits per heavy atom. The summed E-state index contributed by atoms with van der Waals surface area (Å²) in [5, 5.41) is 12.2. The lowest BCUT2D eigenvalue weighted by Gasteiger charge is -2.19. The van der Waals surface area contributed by atoms with Gasteiger partial charge in [-0.3, -0.25) is 4.79 Å². The highest BCUT2D eigenvalue weighted by Gasteiger charge is 2.28. The van der Waals surface area contributed by atoms with E-state index in [1.807, 2.05) is 0 Å². The topological polar surface area (TPSA) is 83.5 Å². The van der Waals surface area contributed by atoms with E-state index < -0.39 is 9.84 Å². The first-order valence-corrected chi connectivity index (χ1v) is 9.13. The van der Waals surface area contributed by atoms with Crippen molar-refractivity contribution in [2.45, 2.75) is 31.1 Å². The molecule has 0 aliphatic heterocycles. The van der Waals surface area contributed by atoms with Gasteiger partial charge in [-0.1, -0.05) is 18.6 Å². The van der Waals surface area contributed by atoms with Gasteiger partial charge in [0.2, 0.25) is 0 Å². The van der Waals surface area contributed by atoms with Crippen molar-refractivity contribution >= 4 is 15.7 Å². The molecule has 2 rings (SSSR count). The molecule has 1 fully saturated rings. The van der Waals surface area contributed by atoms with Crippen molar-refractivity contribution in [1.29, 1.82) is 0 Å². The molecule has 1 saturated carbocycles. The Labute approximate surface area is 125 Å². The number of nitrogens with one attached hydrogen (secondary N) is 1. The molecule has 21 heavy (non-hydrogen) atoms. The van der Waals surface area contributed by atoms with Crippen LogP contribution in [0.2, 0.25) is 0 Å². The highest BCUT2D eigenvalue weighted by molar-refractivity contribution is 7.89. The molecule has 0 spiro atoms. The van der Waals surface area contributed by atoms with E-state index >= 15 is 0 Å². The van der Waals surface area contributed by atoms with Crippen molar-refractivity contribution < 1.29 is 18.3 Å². The van der Waals surface area contributed by atoms with Crippen LogP contribution in [-0.2, 0) is 15.6 Å². The van der Waals surface area contributed by atoms with Gasteiger partial charge in [-0.2, -0.15) is 0 Å². The zero-order valence-electron chi connectivity index (χ0n) is 12.1. The van der Waals surface area contributed by atoms with Crippen LogP contribution in [0.3, 0.4) is 0 Å². The summed E-state index contributed by atoms with van der Waals surface area (Å²) in [5.41, 5.74) is 1.18. The molecule has 0 bridgehead atoms. The molecular weight excluding hydrogens is 290 g/mol. The molecule has 1 aliphatic rings. The zero-order chi connectivity index (χ0) is 15.5. The SMILES string of the molecule is CS(=O)(=O)Cc1ccc(C(=O)NC2CCCC2CO)cc1. The maximum Gasteiger partial charge on any atom is 0.251 e. The van der Waals surface area contributed by atoms with E-state index in [2.05, 4.69) is 5.32 Å². The van der Waals surface area contributed by atoms with Crippen LogP contribution in [-0.4, -0.2) is 38.3 Å². The van der Waals surface area contributed by atoms with Gasteiger partial charge < -0.3 is 10.4 Å². The molecule has 1 aliphatic carbocycles. The summed E-state index contributed by atoms with van der Waals surface area (Å²) >= 11 is 0. The molecule has 2 unspecified atom stereocenters. The van der Waals surface area contributed by atoms with Gasteiger partial charge in [0.05, 0.1) is 5.75 Å².